The molecule has 0 saturated carbocycles. The van der Waals surface area contributed by atoms with Gasteiger partial charge in [-0.1, -0.05) is 174 Å². The number of carbonyl (C=O) groups is 3. The SMILES string of the molecule is CCCCCCCCCCCCCCCCCCCC(=O)OCC(COCCC(C(=O)[O-])[N+](C)(C)C)OC(=O)CCCCCCCCCCCC. The van der Waals surface area contributed by atoms with Gasteiger partial charge in [0.15, 0.2) is 6.10 Å². The van der Waals surface area contributed by atoms with E-state index in [-0.39, 0.29) is 42.7 Å². The summed E-state index contributed by atoms with van der Waals surface area (Å²) in [7, 11) is 5.41. The van der Waals surface area contributed by atoms with Crippen molar-refractivity contribution in [2.75, 3.05) is 41.0 Å². The summed E-state index contributed by atoms with van der Waals surface area (Å²) in [5, 5.41) is 11.6. The molecule has 0 spiro atoms. The predicted molar refractivity (Wildman–Crippen MR) is 208 cm³/mol. The summed E-state index contributed by atoms with van der Waals surface area (Å²) in [6, 6.07) is -0.718. The van der Waals surface area contributed by atoms with Crippen molar-refractivity contribution in [3.05, 3.63) is 0 Å². The number of nitrogens with zero attached hydrogens (tertiary/aromatic N) is 1. The Kier molecular flexibility index (Phi) is 34.2. The maximum Gasteiger partial charge on any atom is 0.306 e. The van der Waals surface area contributed by atoms with E-state index in [2.05, 4.69) is 13.8 Å². The third-order valence-electron chi connectivity index (χ3n) is 9.99. The first kappa shape index (κ1) is 49.3. The Bertz CT molecular complexity index is 813. The predicted octanol–water partition coefficient (Wildman–Crippen LogP) is 10.0. The lowest BCUT2D eigenvalue weighted by Gasteiger charge is -2.34. The van der Waals surface area contributed by atoms with Gasteiger partial charge in [-0.2, -0.15) is 0 Å². The number of carboxylic acid groups (broad SMARTS) is 1. The van der Waals surface area contributed by atoms with Crippen molar-refractivity contribution in [1.29, 1.82) is 0 Å². The third-order valence-corrected chi connectivity index (χ3v) is 9.99. The topological polar surface area (TPSA) is 102 Å². The highest BCUT2D eigenvalue weighted by molar-refractivity contribution is 5.70. The van der Waals surface area contributed by atoms with Crippen LogP contribution < -0.4 is 5.11 Å². The molecule has 0 bridgehead atoms. The molecule has 0 aliphatic rings. The van der Waals surface area contributed by atoms with E-state index in [1.807, 2.05) is 0 Å². The number of quaternary nitrogens is 1. The van der Waals surface area contributed by atoms with Gasteiger partial charge in [0.05, 0.1) is 40.3 Å². The number of aliphatic carboxylic acids is 1. The van der Waals surface area contributed by atoms with Crippen molar-refractivity contribution in [3.8, 4) is 0 Å². The van der Waals surface area contributed by atoms with Crippen LogP contribution in [0.2, 0.25) is 0 Å². The number of rotatable bonds is 39. The number of esters is 2. The Morgan fingerprint density at radius 1 is 0.510 bits per heavy atom. The quantitative estimate of drug-likeness (QED) is 0.0353. The minimum Gasteiger partial charge on any atom is -0.544 e. The zero-order valence-corrected chi connectivity index (χ0v) is 34.3. The number of unbranched alkanes of at least 4 members (excludes halogenated alkanes) is 25. The highest BCUT2D eigenvalue weighted by atomic mass is 16.6. The van der Waals surface area contributed by atoms with E-state index < -0.39 is 18.1 Å². The normalized spacial score (nSPS) is 12.9. The lowest BCUT2D eigenvalue weighted by Crippen LogP contribution is -2.55. The largest absolute Gasteiger partial charge is 0.544 e. The van der Waals surface area contributed by atoms with E-state index in [4.69, 9.17) is 14.2 Å². The van der Waals surface area contributed by atoms with Crippen LogP contribution in [0.1, 0.15) is 206 Å². The lowest BCUT2D eigenvalue weighted by atomic mass is 10.0. The van der Waals surface area contributed by atoms with Gasteiger partial charge in [0, 0.05) is 19.3 Å². The van der Waals surface area contributed by atoms with Crippen molar-refractivity contribution in [3.63, 3.8) is 0 Å². The Balaban J connectivity index is 4.25. The first-order valence-electron chi connectivity index (χ1n) is 21.6. The summed E-state index contributed by atoms with van der Waals surface area (Å²) in [6.45, 7) is 4.67. The van der Waals surface area contributed by atoms with Gasteiger partial charge in [-0.3, -0.25) is 9.59 Å². The Morgan fingerprint density at radius 2 is 0.863 bits per heavy atom. The van der Waals surface area contributed by atoms with Crippen LogP contribution in [0.3, 0.4) is 0 Å². The molecule has 0 saturated heterocycles. The zero-order chi connectivity index (χ0) is 37.8. The molecule has 2 atom stereocenters. The van der Waals surface area contributed by atoms with Crippen molar-refractivity contribution in [1.82, 2.24) is 0 Å². The van der Waals surface area contributed by atoms with E-state index in [9.17, 15) is 19.5 Å². The van der Waals surface area contributed by atoms with Crippen LogP contribution in [0, 0.1) is 0 Å². The fraction of sp³-hybridized carbons (Fsp3) is 0.930. The van der Waals surface area contributed by atoms with Crippen LogP contribution in [-0.2, 0) is 28.6 Å². The second kappa shape index (κ2) is 35.4. The molecule has 51 heavy (non-hydrogen) atoms. The van der Waals surface area contributed by atoms with Crippen LogP contribution in [0.25, 0.3) is 0 Å². The van der Waals surface area contributed by atoms with E-state index in [0.717, 1.165) is 38.5 Å². The first-order chi connectivity index (χ1) is 24.6. The molecule has 0 fully saturated rings. The van der Waals surface area contributed by atoms with E-state index >= 15 is 0 Å². The van der Waals surface area contributed by atoms with Gasteiger partial charge in [-0.15, -0.1) is 0 Å². The van der Waals surface area contributed by atoms with Crippen molar-refractivity contribution in [2.45, 2.75) is 219 Å². The van der Waals surface area contributed by atoms with Gasteiger partial charge < -0.3 is 28.6 Å². The molecule has 0 N–H and O–H groups in total. The molecule has 0 heterocycles. The van der Waals surface area contributed by atoms with Gasteiger partial charge in [-0.25, -0.2) is 0 Å². The number of hydrogen-bond acceptors (Lipinski definition) is 7. The fourth-order valence-electron chi connectivity index (χ4n) is 6.60. The average molecular weight is 726 g/mol. The Morgan fingerprint density at radius 3 is 1.22 bits per heavy atom. The molecule has 0 amide bonds. The molecule has 0 radical (unpaired) electrons. The van der Waals surface area contributed by atoms with Crippen molar-refractivity contribution < 1.29 is 38.2 Å². The fourth-order valence-corrected chi connectivity index (χ4v) is 6.60. The van der Waals surface area contributed by atoms with Gasteiger partial charge in [0.1, 0.15) is 12.6 Å². The lowest BCUT2D eigenvalue weighted by molar-refractivity contribution is -0.889. The smallest absolute Gasteiger partial charge is 0.306 e. The molecule has 0 aromatic heterocycles. The molecule has 0 aromatic rings. The summed E-state index contributed by atoms with van der Waals surface area (Å²) < 4.78 is 17.1. The number of likely N-dealkylation sites (N-methyl/N-ethyl adjacent to an activating group) is 1. The molecular weight excluding hydrogens is 642 g/mol. The third kappa shape index (κ3) is 33.9. The highest BCUT2D eigenvalue weighted by Crippen LogP contribution is 2.16. The van der Waals surface area contributed by atoms with Crippen LogP contribution >= 0.6 is 0 Å². The molecular formula is C43H83NO7. The summed E-state index contributed by atoms with van der Waals surface area (Å²) in [4.78, 5) is 36.7. The molecule has 0 aliphatic carbocycles. The molecule has 0 rings (SSSR count). The summed E-state index contributed by atoms with van der Waals surface area (Å²) in [6.07, 6.45) is 34.1. The minimum absolute atomic E-state index is 0.0487. The standard InChI is InChI=1S/C43H83NO7/c1-6-8-10-12-14-16-18-19-20-21-22-23-24-26-27-29-31-33-41(45)50-38-39(37-49-36-35-40(43(47)48)44(3,4)5)51-42(46)34-32-30-28-25-17-15-13-11-9-7-2/h39-40H,6-38H2,1-5H3. The number of carbonyl (C=O) groups excluding carboxylic acids is 3. The zero-order valence-electron chi connectivity index (χ0n) is 34.3. The van der Waals surface area contributed by atoms with Crippen molar-refractivity contribution >= 4 is 17.9 Å². The van der Waals surface area contributed by atoms with E-state index in [1.54, 1.807) is 21.1 Å². The molecule has 8 nitrogen and oxygen atoms in total. The van der Waals surface area contributed by atoms with Gasteiger partial charge in [0.2, 0.25) is 0 Å². The summed E-state index contributed by atoms with van der Waals surface area (Å²) in [5.74, 6) is -1.72. The van der Waals surface area contributed by atoms with Crippen LogP contribution in [0.15, 0.2) is 0 Å². The summed E-state index contributed by atoms with van der Waals surface area (Å²) >= 11 is 0. The van der Waals surface area contributed by atoms with Gasteiger partial charge >= 0.3 is 11.9 Å². The van der Waals surface area contributed by atoms with E-state index in [1.165, 1.54) is 135 Å². The monoisotopic (exact) mass is 726 g/mol. The van der Waals surface area contributed by atoms with Crippen LogP contribution in [0.5, 0.6) is 0 Å². The van der Waals surface area contributed by atoms with Gasteiger partial charge in [0.25, 0.3) is 0 Å². The number of ether oxygens (including phenoxy) is 3. The second-order valence-electron chi connectivity index (χ2n) is 15.9. The average Bonchev–Trinajstić information content (AvgIpc) is 3.08. The molecule has 0 aliphatic heterocycles. The summed E-state index contributed by atoms with van der Waals surface area (Å²) in [5.41, 5.74) is 0. The van der Waals surface area contributed by atoms with E-state index in [0.29, 0.717) is 12.8 Å². The van der Waals surface area contributed by atoms with Crippen molar-refractivity contribution in [2.24, 2.45) is 0 Å². The Labute approximate surface area is 315 Å². The number of hydrogen-bond donors (Lipinski definition) is 0. The minimum atomic E-state index is -1.12. The van der Waals surface area contributed by atoms with Gasteiger partial charge in [-0.05, 0) is 12.8 Å². The first-order valence-corrected chi connectivity index (χ1v) is 21.6. The van der Waals surface area contributed by atoms with Crippen LogP contribution in [0.4, 0.5) is 0 Å². The molecule has 8 heteroatoms. The second-order valence-corrected chi connectivity index (χ2v) is 15.9. The Hall–Kier alpha value is -1.67. The molecule has 0 aromatic carbocycles. The maximum absolute atomic E-state index is 12.6. The van der Waals surface area contributed by atoms with Crippen LogP contribution in [-0.4, -0.2) is 75.5 Å². The maximum atomic E-state index is 12.6. The highest BCUT2D eigenvalue weighted by Gasteiger charge is 2.25. The molecule has 2 unspecified atom stereocenters. The number of carboxylic acids is 1. The molecule has 302 valence electrons.